The van der Waals surface area contributed by atoms with Crippen LogP contribution in [0.3, 0.4) is 0 Å². The van der Waals surface area contributed by atoms with E-state index in [1.165, 1.54) is 6.42 Å². The molecule has 0 aromatic heterocycles. The van der Waals surface area contributed by atoms with Crippen molar-refractivity contribution in [3.8, 4) is 0 Å². The van der Waals surface area contributed by atoms with Crippen LogP contribution in [0.1, 0.15) is 51.9 Å². The van der Waals surface area contributed by atoms with Gasteiger partial charge in [0.2, 0.25) is 17.7 Å². The van der Waals surface area contributed by atoms with Crippen molar-refractivity contribution >= 4 is 29.5 Å². The molecule has 0 bridgehead atoms. The van der Waals surface area contributed by atoms with E-state index in [4.69, 9.17) is 0 Å². The third-order valence-corrected chi connectivity index (χ3v) is 6.65. The molecule has 2 saturated heterocycles. The van der Waals surface area contributed by atoms with Gasteiger partial charge in [0.1, 0.15) is 6.04 Å². The summed E-state index contributed by atoms with van der Waals surface area (Å²) in [6.45, 7) is 2.01. The molecule has 3 aliphatic rings. The van der Waals surface area contributed by atoms with Crippen LogP contribution in [0.2, 0.25) is 0 Å². The molecule has 128 valence electrons. The average Bonchev–Trinajstić information content (AvgIpc) is 3.03. The number of nitrogens with zero attached hydrogens (tertiary/aromatic N) is 1. The van der Waals surface area contributed by atoms with Crippen molar-refractivity contribution in [2.75, 3.05) is 12.3 Å². The lowest BCUT2D eigenvalue weighted by molar-refractivity contribution is -0.138. The minimum atomic E-state index is -0.442. The van der Waals surface area contributed by atoms with Crippen molar-refractivity contribution in [2.45, 2.75) is 68.8 Å². The molecule has 2 heterocycles. The Morgan fingerprint density at radius 3 is 2.78 bits per heavy atom. The Kier molecular flexibility index (Phi) is 4.85. The highest BCUT2D eigenvalue weighted by Gasteiger charge is 2.52. The smallest absolute Gasteiger partial charge is 0.244 e. The van der Waals surface area contributed by atoms with Crippen LogP contribution in [-0.2, 0) is 14.4 Å². The first-order chi connectivity index (χ1) is 11.0. The van der Waals surface area contributed by atoms with Crippen molar-refractivity contribution in [3.63, 3.8) is 0 Å². The fourth-order valence-corrected chi connectivity index (χ4v) is 5.26. The molecule has 7 heteroatoms. The summed E-state index contributed by atoms with van der Waals surface area (Å²) >= 11 is 1.66. The zero-order chi connectivity index (χ0) is 16.4. The number of carbonyl (C=O) groups is 3. The van der Waals surface area contributed by atoms with Crippen LogP contribution >= 0.6 is 11.8 Å². The van der Waals surface area contributed by atoms with Crippen molar-refractivity contribution in [1.82, 2.24) is 15.5 Å². The Labute approximate surface area is 141 Å². The number of hydrogen-bond donors (Lipinski definition) is 2. The van der Waals surface area contributed by atoms with E-state index in [2.05, 4.69) is 10.6 Å². The molecule has 6 nitrogen and oxygen atoms in total. The number of nitrogens with one attached hydrogen (secondary N) is 2. The lowest BCUT2D eigenvalue weighted by atomic mass is 9.95. The third kappa shape index (κ3) is 3.49. The highest BCUT2D eigenvalue weighted by molar-refractivity contribution is 8.01. The zero-order valence-electron chi connectivity index (χ0n) is 13.6. The molecule has 0 spiro atoms. The maximum absolute atomic E-state index is 12.4. The molecule has 23 heavy (non-hydrogen) atoms. The summed E-state index contributed by atoms with van der Waals surface area (Å²) in [6, 6.07) is -0.193. The summed E-state index contributed by atoms with van der Waals surface area (Å²) in [4.78, 5) is 37.8. The van der Waals surface area contributed by atoms with Gasteiger partial charge in [0.25, 0.3) is 0 Å². The maximum atomic E-state index is 12.4. The first-order valence-electron chi connectivity index (χ1n) is 8.53. The molecule has 2 N–H and O–H groups in total. The molecule has 1 aliphatic carbocycles. The van der Waals surface area contributed by atoms with E-state index >= 15 is 0 Å². The van der Waals surface area contributed by atoms with Crippen LogP contribution in [-0.4, -0.2) is 51.9 Å². The van der Waals surface area contributed by atoms with Gasteiger partial charge in [-0.15, -0.1) is 11.8 Å². The van der Waals surface area contributed by atoms with E-state index in [-0.39, 0.29) is 35.2 Å². The van der Waals surface area contributed by atoms with E-state index in [0.717, 1.165) is 32.1 Å². The van der Waals surface area contributed by atoms with E-state index in [1.54, 1.807) is 16.7 Å². The second kappa shape index (κ2) is 6.71. The van der Waals surface area contributed by atoms with Crippen molar-refractivity contribution in [1.29, 1.82) is 0 Å². The first kappa shape index (κ1) is 16.6. The van der Waals surface area contributed by atoms with E-state index < -0.39 is 6.04 Å². The summed E-state index contributed by atoms with van der Waals surface area (Å²) in [6.07, 6.45) is 6.92. The minimum Gasteiger partial charge on any atom is -0.352 e. The highest BCUT2D eigenvalue weighted by Crippen LogP contribution is 2.47. The Bertz CT molecular complexity index is 507. The quantitative estimate of drug-likeness (QED) is 0.801. The van der Waals surface area contributed by atoms with Gasteiger partial charge in [0.15, 0.2) is 0 Å². The van der Waals surface area contributed by atoms with E-state index in [1.807, 2.05) is 6.92 Å². The summed E-state index contributed by atoms with van der Waals surface area (Å²) < 4.78 is 0. The minimum absolute atomic E-state index is 0.00472. The van der Waals surface area contributed by atoms with Crippen molar-refractivity contribution in [3.05, 3.63) is 0 Å². The fraction of sp³-hybridized carbons (Fsp3) is 0.812. The van der Waals surface area contributed by atoms with Gasteiger partial charge in [0.05, 0.1) is 11.4 Å². The lowest BCUT2D eigenvalue weighted by Gasteiger charge is -2.29. The number of hydrogen-bond acceptors (Lipinski definition) is 4. The number of carbonyl (C=O) groups excluding carboxylic acids is 3. The molecule has 3 amide bonds. The molecule has 0 aromatic carbocycles. The predicted molar refractivity (Wildman–Crippen MR) is 88.8 cm³/mol. The highest BCUT2D eigenvalue weighted by atomic mass is 32.2. The van der Waals surface area contributed by atoms with Gasteiger partial charge >= 0.3 is 0 Å². The monoisotopic (exact) mass is 339 g/mol. The molecule has 2 unspecified atom stereocenters. The SMILES string of the molecule is CC12CCC(=O)N1C(C(=O)NCC(=O)NC1CCCCC1)CS2. The average molecular weight is 339 g/mol. The fourth-order valence-electron chi connectivity index (χ4n) is 3.83. The van der Waals surface area contributed by atoms with E-state index in [9.17, 15) is 14.4 Å². The Morgan fingerprint density at radius 1 is 1.30 bits per heavy atom. The standard InChI is InChI=1S/C16H25N3O3S/c1-16-8-7-14(21)19(16)12(10-23-16)15(22)17-9-13(20)18-11-5-3-2-4-6-11/h11-12H,2-10H2,1H3,(H,17,22)(H,18,20). The Morgan fingerprint density at radius 2 is 2.04 bits per heavy atom. The van der Waals surface area contributed by atoms with Gasteiger partial charge < -0.3 is 15.5 Å². The number of fused-ring (bicyclic) bond motifs is 1. The molecule has 0 radical (unpaired) electrons. The van der Waals surface area contributed by atoms with Crippen LogP contribution in [0.15, 0.2) is 0 Å². The van der Waals surface area contributed by atoms with Gasteiger partial charge in [-0.25, -0.2) is 0 Å². The molecule has 3 fully saturated rings. The molecular weight excluding hydrogens is 314 g/mol. The molecule has 2 aliphatic heterocycles. The van der Waals surface area contributed by atoms with Crippen LogP contribution in [0, 0.1) is 0 Å². The summed E-state index contributed by atoms with van der Waals surface area (Å²) in [5.74, 6) is 0.309. The van der Waals surface area contributed by atoms with Crippen molar-refractivity contribution in [2.24, 2.45) is 0 Å². The third-order valence-electron chi connectivity index (χ3n) is 5.14. The predicted octanol–water partition coefficient (Wildman–Crippen LogP) is 1.01. The second-order valence-corrected chi connectivity index (χ2v) is 8.39. The number of rotatable bonds is 4. The summed E-state index contributed by atoms with van der Waals surface area (Å²) in [7, 11) is 0. The van der Waals surface area contributed by atoms with Gasteiger partial charge in [-0.3, -0.25) is 14.4 Å². The van der Waals surface area contributed by atoms with Gasteiger partial charge in [-0.05, 0) is 26.2 Å². The first-order valence-corrected chi connectivity index (χ1v) is 9.51. The van der Waals surface area contributed by atoms with Gasteiger partial charge in [-0.1, -0.05) is 19.3 Å². The summed E-state index contributed by atoms with van der Waals surface area (Å²) in [5.41, 5.74) is 0. The van der Waals surface area contributed by atoms with Crippen LogP contribution < -0.4 is 10.6 Å². The van der Waals surface area contributed by atoms with Crippen LogP contribution in [0.25, 0.3) is 0 Å². The number of amides is 3. The van der Waals surface area contributed by atoms with Gasteiger partial charge in [0, 0.05) is 18.2 Å². The maximum Gasteiger partial charge on any atom is 0.244 e. The normalized spacial score (nSPS) is 31.1. The largest absolute Gasteiger partial charge is 0.352 e. The second-order valence-electron chi connectivity index (χ2n) is 6.89. The molecule has 1 saturated carbocycles. The molecule has 2 atom stereocenters. The topological polar surface area (TPSA) is 78.5 Å². The Hall–Kier alpha value is -1.24. The lowest BCUT2D eigenvalue weighted by Crippen LogP contribution is -2.52. The zero-order valence-corrected chi connectivity index (χ0v) is 14.4. The molecule has 0 aromatic rings. The van der Waals surface area contributed by atoms with E-state index in [0.29, 0.717) is 12.2 Å². The van der Waals surface area contributed by atoms with Gasteiger partial charge in [-0.2, -0.15) is 0 Å². The number of thioether (sulfide) groups is 1. The Balaban J connectivity index is 1.47. The molecule has 3 rings (SSSR count). The van der Waals surface area contributed by atoms with Crippen LogP contribution in [0.5, 0.6) is 0 Å². The molecular formula is C16H25N3O3S. The summed E-state index contributed by atoms with van der Waals surface area (Å²) in [5, 5.41) is 5.69. The van der Waals surface area contributed by atoms with Crippen molar-refractivity contribution < 1.29 is 14.4 Å². The van der Waals surface area contributed by atoms with Crippen LogP contribution in [0.4, 0.5) is 0 Å².